The number of nitrogens with one attached hydrogen (secondary N) is 1. The number of pyridine rings is 1. The van der Waals surface area contributed by atoms with Crippen molar-refractivity contribution in [1.82, 2.24) is 14.8 Å². The first-order valence-corrected chi connectivity index (χ1v) is 8.85. The van der Waals surface area contributed by atoms with E-state index in [2.05, 4.69) is 15.4 Å². The summed E-state index contributed by atoms with van der Waals surface area (Å²) >= 11 is 0. The molecule has 0 bridgehead atoms. The van der Waals surface area contributed by atoms with E-state index in [9.17, 15) is 14.9 Å². The number of hydrogen-bond acceptors (Lipinski definition) is 6. The molecule has 3 heterocycles. The van der Waals surface area contributed by atoms with Gasteiger partial charge in [0.1, 0.15) is 18.0 Å². The summed E-state index contributed by atoms with van der Waals surface area (Å²) in [6, 6.07) is 10.1. The lowest BCUT2D eigenvalue weighted by Gasteiger charge is -2.07. The Kier molecular flexibility index (Phi) is 4.55. The third kappa shape index (κ3) is 3.45. The van der Waals surface area contributed by atoms with Gasteiger partial charge in [-0.1, -0.05) is 6.07 Å². The van der Waals surface area contributed by atoms with Gasteiger partial charge in [-0.15, -0.1) is 0 Å². The number of hydrogen-bond donors (Lipinski definition) is 1. The van der Waals surface area contributed by atoms with Crippen molar-refractivity contribution < 1.29 is 14.1 Å². The number of nitro benzene ring substituents is 1. The Morgan fingerprint density at radius 2 is 2.10 bits per heavy atom. The standard InChI is InChI=1S/C20H17N5O4/c1-12-5-6-15(16(10-12)25(27)28)22-18(26)11-24-20-19(13(2)23-24)14(7-8-21-20)17-4-3-9-29-17/h3-10H,11H2,1-2H3,(H,22,26). The quantitative estimate of drug-likeness (QED) is 0.408. The third-order valence-corrected chi connectivity index (χ3v) is 4.51. The number of fused-ring (bicyclic) bond motifs is 1. The molecule has 0 spiro atoms. The lowest BCUT2D eigenvalue weighted by Crippen LogP contribution is -2.20. The van der Waals surface area contributed by atoms with E-state index in [-0.39, 0.29) is 17.9 Å². The zero-order valence-corrected chi connectivity index (χ0v) is 15.7. The summed E-state index contributed by atoms with van der Waals surface area (Å²) in [6.07, 6.45) is 3.21. The van der Waals surface area contributed by atoms with E-state index < -0.39 is 10.8 Å². The van der Waals surface area contributed by atoms with Crippen LogP contribution in [0, 0.1) is 24.0 Å². The average Bonchev–Trinajstić information content (AvgIpc) is 3.32. The minimum Gasteiger partial charge on any atom is -0.464 e. The molecule has 3 aromatic heterocycles. The predicted molar refractivity (Wildman–Crippen MR) is 106 cm³/mol. The summed E-state index contributed by atoms with van der Waals surface area (Å²) in [5.74, 6) is 0.242. The van der Waals surface area contributed by atoms with Crippen LogP contribution < -0.4 is 5.32 Å². The minimum absolute atomic E-state index is 0.135. The summed E-state index contributed by atoms with van der Waals surface area (Å²) in [6.45, 7) is 3.44. The zero-order chi connectivity index (χ0) is 20.5. The van der Waals surface area contributed by atoms with Crippen LogP contribution in [0.15, 0.2) is 53.3 Å². The molecule has 1 aromatic carbocycles. The molecule has 0 saturated heterocycles. The van der Waals surface area contributed by atoms with Crippen LogP contribution in [0.2, 0.25) is 0 Å². The summed E-state index contributed by atoms with van der Waals surface area (Å²) in [5, 5.41) is 19.1. The minimum atomic E-state index is -0.521. The number of carbonyl (C=O) groups excluding carboxylic acids is 1. The van der Waals surface area contributed by atoms with Crippen molar-refractivity contribution in [3.8, 4) is 11.3 Å². The van der Waals surface area contributed by atoms with Crippen molar-refractivity contribution in [3.05, 3.63) is 70.2 Å². The van der Waals surface area contributed by atoms with Gasteiger partial charge in [0, 0.05) is 17.8 Å². The van der Waals surface area contributed by atoms with Gasteiger partial charge in [0.05, 0.1) is 22.3 Å². The number of nitrogens with zero attached hydrogens (tertiary/aromatic N) is 4. The molecule has 0 aliphatic rings. The molecular formula is C20H17N5O4. The summed E-state index contributed by atoms with van der Waals surface area (Å²) in [4.78, 5) is 27.7. The molecule has 0 radical (unpaired) electrons. The van der Waals surface area contributed by atoms with Crippen molar-refractivity contribution >= 4 is 28.3 Å². The molecule has 0 fully saturated rings. The van der Waals surface area contributed by atoms with Gasteiger partial charge >= 0.3 is 0 Å². The molecule has 9 heteroatoms. The number of carbonyl (C=O) groups is 1. The Morgan fingerprint density at radius 1 is 1.28 bits per heavy atom. The van der Waals surface area contributed by atoms with Crippen LogP contribution in [0.4, 0.5) is 11.4 Å². The zero-order valence-electron chi connectivity index (χ0n) is 15.7. The van der Waals surface area contributed by atoms with Crippen molar-refractivity contribution in [2.45, 2.75) is 20.4 Å². The predicted octanol–water partition coefficient (Wildman–Crippen LogP) is 3.86. The molecule has 0 unspecified atom stereocenters. The first kappa shape index (κ1) is 18.4. The van der Waals surface area contributed by atoms with E-state index in [1.54, 1.807) is 31.5 Å². The van der Waals surface area contributed by atoms with E-state index >= 15 is 0 Å². The number of aromatic nitrogens is 3. The fourth-order valence-electron chi connectivity index (χ4n) is 3.25. The van der Waals surface area contributed by atoms with Crippen LogP contribution in [0.1, 0.15) is 11.3 Å². The van der Waals surface area contributed by atoms with Gasteiger partial charge in [-0.2, -0.15) is 5.10 Å². The molecule has 0 saturated carbocycles. The van der Waals surface area contributed by atoms with Crippen LogP contribution in [0.3, 0.4) is 0 Å². The Balaban J connectivity index is 1.65. The van der Waals surface area contributed by atoms with E-state index in [1.807, 2.05) is 19.1 Å². The number of amides is 1. The second-order valence-corrected chi connectivity index (χ2v) is 6.60. The van der Waals surface area contributed by atoms with Crippen LogP contribution in [0.5, 0.6) is 0 Å². The van der Waals surface area contributed by atoms with Crippen molar-refractivity contribution in [2.24, 2.45) is 0 Å². The number of nitro groups is 1. The summed E-state index contributed by atoms with van der Waals surface area (Å²) in [7, 11) is 0. The highest BCUT2D eigenvalue weighted by Crippen LogP contribution is 2.30. The van der Waals surface area contributed by atoms with Gasteiger partial charge in [0.2, 0.25) is 5.91 Å². The van der Waals surface area contributed by atoms with Gasteiger partial charge in [0.25, 0.3) is 5.69 Å². The monoisotopic (exact) mass is 391 g/mol. The Morgan fingerprint density at radius 3 is 2.83 bits per heavy atom. The van der Waals surface area contributed by atoms with Crippen LogP contribution in [-0.2, 0) is 11.3 Å². The number of rotatable bonds is 5. The normalized spacial score (nSPS) is 11.0. The lowest BCUT2D eigenvalue weighted by atomic mass is 10.1. The largest absolute Gasteiger partial charge is 0.464 e. The van der Waals surface area contributed by atoms with Crippen molar-refractivity contribution in [2.75, 3.05) is 5.32 Å². The van der Waals surface area contributed by atoms with Crippen LogP contribution in [0.25, 0.3) is 22.4 Å². The van der Waals surface area contributed by atoms with E-state index in [0.717, 1.165) is 16.5 Å². The topological polar surface area (TPSA) is 116 Å². The second kappa shape index (κ2) is 7.19. The number of benzene rings is 1. The highest BCUT2D eigenvalue weighted by molar-refractivity contribution is 5.96. The maximum absolute atomic E-state index is 12.6. The molecule has 0 atom stereocenters. The summed E-state index contributed by atoms with van der Waals surface area (Å²) < 4.78 is 6.97. The molecule has 0 aliphatic carbocycles. The Hall–Kier alpha value is -4.01. The molecule has 1 amide bonds. The maximum Gasteiger partial charge on any atom is 0.293 e. The smallest absolute Gasteiger partial charge is 0.293 e. The molecule has 9 nitrogen and oxygen atoms in total. The molecule has 4 rings (SSSR count). The SMILES string of the molecule is Cc1ccc(NC(=O)Cn2nc(C)c3c(-c4ccco4)ccnc32)c([N+](=O)[O-])c1. The van der Waals surface area contributed by atoms with E-state index in [0.29, 0.717) is 17.1 Å². The van der Waals surface area contributed by atoms with Crippen LogP contribution in [-0.4, -0.2) is 25.6 Å². The molecule has 29 heavy (non-hydrogen) atoms. The Bertz CT molecular complexity index is 1230. The van der Waals surface area contributed by atoms with E-state index in [4.69, 9.17) is 4.42 Å². The molecule has 4 aromatic rings. The van der Waals surface area contributed by atoms with Gasteiger partial charge in [-0.25, -0.2) is 9.67 Å². The van der Waals surface area contributed by atoms with Gasteiger partial charge in [-0.05, 0) is 43.7 Å². The number of furan rings is 1. The maximum atomic E-state index is 12.6. The average molecular weight is 391 g/mol. The van der Waals surface area contributed by atoms with E-state index in [1.165, 1.54) is 16.8 Å². The molecule has 1 N–H and O–H groups in total. The fraction of sp³-hybridized carbons (Fsp3) is 0.150. The molecule has 146 valence electrons. The van der Waals surface area contributed by atoms with Gasteiger partial charge in [-0.3, -0.25) is 14.9 Å². The number of anilines is 1. The first-order valence-electron chi connectivity index (χ1n) is 8.85. The Labute approximate surface area is 165 Å². The highest BCUT2D eigenvalue weighted by Gasteiger charge is 2.19. The van der Waals surface area contributed by atoms with Crippen LogP contribution >= 0.6 is 0 Å². The lowest BCUT2D eigenvalue weighted by molar-refractivity contribution is -0.384. The van der Waals surface area contributed by atoms with Gasteiger partial charge in [0.15, 0.2) is 5.65 Å². The summed E-state index contributed by atoms with van der Waals surface area (Å²) in [5.41, 5.74) is 2.79. The fourth-order valence-corrected chi connectivity index (χ4v) is 3.25. The van der Waals surface area contributed by atoms with Gasteiger partial charge < -0.3 is 9.73 Å². The third-order valence-electron chi connectivity index (χ3n) is 4.51. The van der Waals surface area contributed by atoms with Crippen molar-refractivity contribution in [3.63, 3.8) is 0 Å². The molecular weight excluding hydrogens is 374 g/mol. The van der Waals surface area contributed by atoms with Crippen molar-refractivity contribution in [1.29, 1.82) is 0 Å². The highest BCUT2D eigenvalue weighted by atomic mass is 16.6. The molecule has 0 aliphatic heterocycles. The second-order valence-electron chi connectivity index (χ2n) is 6.60. The number of aryl methyl sites for hydroxylation is 2. The first-order chi connectivity index (χ1) is 13.9.